The molecule has 0 unspecified atom stereocenters. The molecule has 0 atom stereocenters. The summed E-state index contributed by atoms with van der Waals surface area (Å²) < 4.78 is 5.98. The fourth-order valence-electron chi connectivity index (χ4n) is 2.96. The Morgan fingerprint density at radius 2 is 1.85 bits per heavy atom. The van der Waals surface area contributed by atoms with E-state index in [9.17, 15) is 9.59 Å². The highest BCUT2D eigenvalue weighted by molar-refractivity contribution is 8.18. The van der Waals surface area contributed by atoms with Crippen molar-refractivity contribution in [2.75, 3.05) is 0 Å². The van der Waals surface area contributed by atoms with E-state index in [1.54, 1.807) is 18.5 Å². The topological polar surface area (TPSA) is 72.2 Å². The molecule has 2 amide bonds. The third kappa shape index (κ3) is 3.40. The van der Waals surface area contributed by atoms with E-state index in [-0.39, 0.29) is 10.7 Å². The van der Waals surface area contributed by atoms with E-state index < -0.39 is 5.91 Å². The molecule has 2 aromatic heterocycles. The SMILES string of the molecule is CC(C)(C)c1ccc(-c2cncc3cc(/C=C4/SC(=O)NC4=O)oc23)cc1. The number of carbonyl (C=O) groups excluding carboxylic acids is 2. The number of furan rings is 1. The van der Waals surface area contributed by atoms with Crippen molar-refractivity contribution in [3.05, 3.63) is 59.0 Å². The number of imide groups is 1. The first kappa shape index (κ1) is 17.5. The summed E-state index contributed by atoms with van der Waals surface area (Å²) >= 11 is 0.869. The number of benzene rings is 1. The van der Waals surface area contributed by atoms with Crippen LogP contribution in [0.4, 0.5) is 4.79 Å². The van der Waals surface area contributed by atoms with E-state index >= 15 is 0 Å². The number of aromatic nitrogens is 1. The van der Waals surface area contributed by atoms with Gasteiger partial charge in [-0.25, -0.2) is 0 Å². The highest BCUT2D eigenvalue weighted by Gasteiger charge is 2.25. The Hall–Kier alpha value is -2.86. The zero-order valence-corrected chi connectivity index (χ0v) is 16.0. The number of amides is 2. The predicted octanol–water partition coefficient (Wildman–Crippen LogP) is 5.12. The Balaban J connectivity index is 1.75. The summed E-state index contributed by atoms with van der Waals surface area (Å²) in [7, 11) is 0. The van der Waals surface area contributed by atoms with Crippen LogP contribution in [0.5, 0.6) is 0 Å². The fourth-order valence-corrected chi connectivity index (χ4v) is 3.62. The van der Waals surface area contributed by atoms with Crippen LogP contribution in [-0.2, 0) is 10.2 Å². The Kier molecular flexibility index (Phi) is 4.15. The van der Waals surface area contributed by atoms with E-state index in [2.05, 4.69) is 55.3 Å². The molecular weight excluding hydrogens is 360 g/mol. The standard InChI is InChI=1S/C21H18N2O3S/c1-21(2,3)14-6-4-12(5-7-14)16-11-22-10-13-8-15(26-18(13)16)9-17-19(24)23-20(25)27-17/h4-11H,1-3H3,(H,23,24,25)/b17-9+. The average Bonchev–Trinajstić information content (AvgIpc) is 3.16. The third-order valence-electron chi connectivity index (χ3n) is 4.42. The van der Waals surface area contributed by atoms with Gasteiger partial charge in [0.1, 0.15) is 11.3 Å². The number of pyridine rings is 1. The quantitative estimate of drug-likeness (QED) is 0.627. The minimum Gasteiger partial charge on any atom is -0.456 e. The number of thioether (sulfide) groups is 1. The van der Waals surface area contributed by atoms with E-state index in [1.807, 2.05) is 6.07 Å². The Morgan fingerprint density at radius 1 is 1.11 bits per heavy atom. The molecule has 0 spiro atoms. The van der Waals surface area contributed by atoms with Crippen LogP contribution in [0.2, 0.25) is 0 Å². The van der Waals surface area contributed by atoms with Gasteiger partial charge in [-0.15, -0.1) is 0 Å². The highest BCUT2D eigenvalue weighted by atomic mass is 32.2. The highest BCUT2D eigenvalue weighted by Crippen LogP contribution is 2.33. The molecule has 27 heavy (non-hydrogen) atoms. The first-order valence-corrected chi connectivity index (χ1v) is 9.36. The minimum atomic E-state index is -0.401. The largest absolute Gasteiger partial charge is 0.456 e. The molecule has 1 aromatic carbocycles. The minimum absolute atomic E-state index is 0.0871. The molecule has 136 valence electrons. The second-order valence-corrected chi connectivity index (χ2v) is 8.45. The van der Waals surface area contributed by atoms with Crippen molar-refractivity contribution in [2.45, 2.75) is 26.2 Å². The Bertz CT molecular complexity index is 1090. The van der Waals surface area contributed by atoms with Gasteiger partial charge in [-0.1, -0.05) is 45.0 Å². The lowest BCUT2D eigenvalue weighted by atomic mass is 9.86. The van der Waals surface area contributed by atoms with E-state index in [4.69, 9.17) is 4.42 Å². The number of fused-ring (bicyclic) bond motifs is 1. The maximum absolute atomic E-state index is 11.7. The normalized spacial score (nSPS) is 16.3. The number of nitrogens with zero attached hydrogens (tertiary/aromatic N) is 1. The molecule has 0 saturated carbocycles. The van der Waals surface area contributed by atoms with Crippen LogP contribution in [0.3, 0.4) is 0 Å². The van der Waals surface area contributed by atoms with Gasteiger partial charge in [0, 0.05) is 29.4 Å². The van der Waals surface area contributed by atoms with Crippen LogP contribution in [0, 0.1) is 0 Å². The van der Waals surface area contributed by atoms with Crippen LogP contribution < -0.4 is 5.32 Å². The lowest BCUT2D eigenvalue weighted by Gasteiger charge is -2.19. The van der Waals surface area contributed by atoms with Gasteiger partial charge in [-0.3, -0.25) is 19.9 Å². The van der Waals surface area contributed by atoms with Gasteiger partial charge >= 0.3 is 0 Å². The molecule has 5 nitrogen and oxygen atoms in total. The molecule has 0 aliphatic carbocycles. The lowest BCUT2D eigenvalue weighted by Crippen LogP contribution is -2.17. The number of nitrogens with one attached hydrogen (secondary N) is 1. The number of hydrogen-bond acceptors (Lipinski definition) is 5. The Morgan fingerprint density at radius 3 is 2.48 bits per heavy atom. The van der Waals surface area contributed by atoms with Crippen LogP contribution in [0.25, 0.3) is 28.2 Å². The van der Waals surface area contributed by atoms with Crippen molar-refractivity contribution in [1.29, 1.82) is 0 Å². The zero-order chi connectivity index (χ0) is 19.2. The summed E-state index contributed by atoms with van der Waals surface area (Å²) in [5.74, 6) is 0.111. The lowest BCUT2D eigenvalue weighted by molar-refractivity contribution is -0.115. The summed E-state index contributed by atoms with van der Waals surface area (Å²) in [4.78, 5) is 27.7. The van der Waals surface area contributed by atoms with Gasteiger partial charge in [-0.05, 0) is 34.4 Å². The van der Waals surface area contributed by atoms with Gasteiger partial charge in [0.05, 0.1) is 4.91 Å². The maximum Gasteiger partial charge on any atom is 0.290 e. The zero-order valence-electron chi connectivity index (χ0n) is 15.2. The Labute approximate surface area is 160 Å². The molecular formula is C21H18N2O3S. The third-order valence-corrected chi connectivity index (χ3v) is 5.23. The van der Waals surface area contributed by atoms with E-state index in [1.165, 1.54) is 5.56 Å². The van der Waals surface area contributed by atoms with E-state index in [0.29, 0.717) is 16.2 Å². The fraction of sp³-hybridized carbons (Fsp3) is 0.190. The molecule has 0 radical (unpaired) electrons. The van der Waals surface area contributed by atoms with Gasteiger partial charge in [0.15, 0.2) is 0 Å². The van der Waals surface area contributed by atoms with Crippen molar-refractivity contribution in [3.63, 3.8) is 0 Å². The molecule has 1 N–H and O–H groups in total. The molecule has 1 aliphatic rings. The second kappa shape index (κ2) is 6.39. The van der Waals surface area contributed by atoms with Crippen LogP contribution in [0.15, 0.2) is 52.0 Å². The van der Waals surface area contributed by atoms with Crippen LogP contribution in [0.1, 0.15) is 32.1 Å². The molecule has 1 saturated heterocycles. The second-order valence-electron chi connectivity index (χ2n) is 7.43. The number of rotatable bonds is 2. The number of hydrogen-bond donors (Lipinski definition) is 1. The average molecular weight is 378 g/mol. The summed E-state index contributed by atoms with van der Waals surface area (Å²) in [6.07, 6.45) is 5.08. The smallest absolute Gasteiger partial charge is 0.290 e. The molecule has 0 bridgehead atoms. The van der Waals surface area contributed by atoms with Crippen molar-refractivity contribution in [2.24, 2.45) is 0 Å². The summed E-state index contributed by atoms with van der Waals surface area (Å²) in [6.45, 7) is 6.54. The summed E-state index contributed by atoms with van der Waals surface area (Å²) in [5.41, 5.74) is 3.94. The first-order chi connectivity index (χ1) is 12.8. The van der Waals surface area contributed by atoms with Crippen LogP contribution in [-0.4, -0.2) is 16.1 Å². The van der Waals surface area contributed by atoms with Crippen molar-refractivity contribution >= 4 is 40.0 Å². The number of carbonyl (C=O) groups is 2. The van der Waals surface area contributed by atoms with Crippen LogP contribution >= 0.6 is 11.8 Å². The summed E-state index contributed by atoms with van der Waals surface area (Å²) in [5, 5.41) is 2.71. The van der Waals surface area contributed by atoms with Crippen molar-refractivity contribution < 1.29 is 14.0 Å². The van der Waals surface area contributed by atoms with Gasteiger partial charge in [-0.2, -0.15) is 0 Å². The van der Waals surface area contributed by atoms with Gasteiger partial charge in [0.2, 0.25) is 0 Å². The predicted molar refractivity (Wildman–Crippen MR) is 107 cm³/mol. The van der Waals surface area contributed by atoms with E-state index in [0.717, 1.165) is 28.3 Å². The van der Waals surface area contributed by atoms with Crippen molar-refractivity contribution in [1.82, 2.24) is 10.3 Å². The molecule has 3 heterocycles. The monoisotopic (exact) mass is 378 g/mol. The van der Waals surface area contributed by atoms with Gasteiger partial charge < -0.3 is 4.42 Å². The summed E-state index contributed by atoms with van der Waals surface area (Å²) in [6, 6.07) is 10.2. The molecule has 6 heteroatoms. The maximum atomic E-state index is 11.7. The molecule has 1 aliphatic heterocycles. The molecule has 3 aromatic rings. The van der Waals surface area contributed by atoms with Crippen molar-refractivity contribution in [3.8, 4) is 11.1 Å². The molecule has 4 rings (SSSR count). The molecule has 1 fully saturated rings. The van der Waals surface area contributed by atoms with Gasteiger partial charge in [0.25, 0.3) is 11.1 Å². The first-order valence-electron chi connectivity index (χ1n) is 8.54.